The summed E-state index contributed by atoms with van der Waals surface area (Å²) in [6.07, 6.45) is 7.24. The van der Waals surface area contributed by atoms with E-state index in [0.29, 0.717) is 6.54 Å². The number of ether oxygens (including phenoxy) is 1. The Bertz CT molecular complexity index is 369. The summed E-state index contributed by atoms with van der Waals surface area (Å²) in [6.45, 7) is 1.55. The monoisotopic (exact) mass is 222 g/mol. The fourth-order valence-corrected chi connectivity index (χ4v) is 2.58. The maximum Gasteiger partial charge on any atom is 0.109 e. The van der Waals surface area contributed by atoms with Gasteiger partial charge in [-0.2, -0.15) is 0 Å². The van der Waals surface area contributed by atoms with E-state index in [1.54, 1.807) is 0 Å². The van der Waals surface area contributed by atoms with E-state index >= 15 is 0 Å². The lowest BCUT2D eigenvalue weighted by atomic mass is 10.1. The first-order valence-electron chi connectivity index (χ1n) is 6.18. The minimum atomic E-state index is -0.207. The van der Waals surface area contributed by atoms with Crippen LogP contribution in [0.5, 0.6) is 0 Å². The molecule has 1 fully saturated rings. The Morgan fingerprint density at radius 1 is 1.38 bits per heavy atom. The minimum absolute atomic E-state index is 0.184. The number of aliphatic hydroxyl groups is 1. The molecule has 0 aliphatic carbocycles. The van der Waals surface area contributed by atoms with Crippen LogP contribution in [0.3, 0.4) is 0 Å². The fourth-order valence-electron chi connectivity index (χ4n) is 2.58. The van der Waals surface area contributed by atoms with Gasteiger partial charge in [-0.25, -0.2) is 4.98 Å². The third-order valence-electron chi connectivity index (χ3n) is 3.50. The van der Waals surface area contributed by atoms with E-state index in [9.17, 15) is 5.11 Å². The SMILES string of the molecule is OC1CCc2nc(C3CCCCO3)cn2C1. The van der Waals surface area contributed by atoms with Gasteiger partial charge in [-0.1, -0.05) is 0 Å². The van der Waals surface area contributed by atoms with Crippen LogP contribution in [0.1, 0.15) is 43.3 Å². The van der Waals surface area contributed by atoms with Crippen molar-refractivity contribution in [1.29, 1.82) is 0 Å². The molecule has 1 saturated heterocycles. The largest absolute Gasteiger partial charge is 0.391 e. The predicted molar refractivity (Wildman–Crippen MR) is 59.1 cm³/mol. The molecule has 0 radical (unpaired) electrons. The van der Waals surface area contributed by atoms with Crippen LogP contribution in [0.15, 0.2) is 6.20 Å². The second-order valence-electron chi connectivity index (χ2n) is 4.78. The van der Waals surface area contributed by atoms with E-state index in [0.717, 1.165) is 37.4 Å². The van der Waals surface area contributed by atoms with Gasteiger partial charge in [0.05, 0.1) is 11.8 Å². The van der Waals surface area contributed by atoms with Crippen LogP contribution in [-0.2, 0) is 17.7 Å². The first-order valence-corrected chi connectivity index (χ1v) is 6.18. The molecule has 2 unspecified atom stereocenters. The van der Waals surface area contributed by atoms with Crippen molar-refractivity contribution in [3.63, 3.8) is 0 Å². The molecule has 1 N–H and O–H groups in total. The Morgan fingerprint density at radius 2 is 2.31 bits per heavy atom. The third-order valence-corrected chi connectivity index (χ3v) is 3.50. The van der Waals surface area contributed by atoms with E-state index < -0.39 is 0 Å². The minimum Gasteiger partial charge on any atom is -0.391 e. The smallest absolute Gasteiger partial charge is 0.109 e. The highest BCUT2D eigenvalue weighted by Crippen LogP contribution is 2.28. The number of rotatable bonds is 1. The molecule has 2 aliphatic heterocycles. The van der Waals surface area contributed by atoms with Crippen molar-refractivity contribution in [2.45, 2.75) is 50.9 Å². The van der Waals surface area contributed by atoms with Crippen molar-refractivity contribution in [3.8, 4) is 0 Å². The van der Waals surface area contributed by atoms with Crippen molar-refractivity contribution < 1.29 is 9.84 Å². The van der Waals surface area contributed by atoms with Crippen molar-refractivity contribution >= 4 is 0 Å². The molecule has 3 rings (SSSR count). The van der Waals surface area contributed by atoms with Crippen LogP contribution in [0, 0.1) is 0 Å². The van der Waals surface area contributed by atoms with Gasteiger partial charge in [0.2, 0.25) is 0 Å². The second-order valence-corrected chi connectivity index (χ2v) is 4.78. The van der Waals surface area contributed by atoms with E-state index in [4.69, 9.17) is 4.74 Å². The van der Waals surface area contributed by atoms with Gasteiger partial charge in [0.25, 0.3) is 0 Å². The maximum atomic E-state index is 9.60. The van der Waals surface area contributed by atoms with Gasteiger partial charge in [0, 0.05) is 25.8 Å². The lowest BCUT2D eigenvalue weighted by Gasteiger charge is -2.20. The van der Waals surface area contributed by atoms with Gasteiger partial charge in [-0.15, -0.1) is 0 Å². The van der Waals surface area contributed by atoms with Crippen molar-refractivity contribution in [1.82, 2.24) is 9.55 Å². The molecule has 0 amide bonds. The first-order chi connectivity index (χ1) is 7.83. The highest BCUT2D eigenvalue weighted by molar-refractivity contribution is 5.10. The molecule has 4 nitrogen and oxygen atoms in total. The molecule has 16 heavy (non-hydrogen) atoms. The Hall–Kier alpha value is -0.870. The normalized spacial score (nSPS) is 30.1. The van der Waals surface area contributed by atoms with Crippen LogP contribution in [0.2, 0.25) is 0 Å². The molecule has 2 atom stereocenters. The molecular weight excluding hydrogens is 204 g/mol. The van der Waals surface area contributed by atoms with Gasteiger partial charge in [0.15, 0.2) is 0 Å². The Labute approximate surface area is 95.3 Å². The van der Waals surface area contributed by atoms with Crippen molar-refractivity contribution in [2.75, 3.05) is 6.61 Å². The van der Waals surface area contributed by atoms with Crippen molar-refractivity contribution in [2.24, 2.45) is 0 Å². The molecule has 88 valence electrons. The maximum absolute atomic E-state index is 9.60. The quantitative estimate of drug-likeness (QED) is 0.782. The highest BCUT2D eigenvalue weighted by atomic mass is 16.5. The van der Waals surface area contributed by atoms with Gasteiger partial charge in [-0.3, -0.25) is 0 Å². The molecule has 1 aromatic heterocycles. The van der Waals surface area contributed by atoms with Crippen LogP contribution in [0.4, 0.5) is 0 Å². The summed E-state index contributed by atoms with van der Waals surface area (Å²) in [6, 6.07) is 0. The van der Waals surface area contributed by atoms with Gasteiger partial charge in [-0.05, 0) is 25.7 Å². The lowest BCUT2D eigenvalue weighted by molar-refractivity contribution is 0.0124. The number of imidazole rings is 1. The average Bonchev–Trinajstić information content (AvgIpc) is 2.73. The molecular formula is C12H18N2O2. The molecule has 0 bridgehead atoms. The Morgan fingerprint density at radius 3 is 3.12 bits per heavy atom. The second kappa shape index (κ2) is 4.18. The van der Waals surface area contributed by atoms with Gasteiger partial charge in [0.1, 0.15) is 11.9 Å². The fraction of sp³-hybridized carbons (Fsp3) is 0.750. The molecule has 0 spiro atoms. The number of aliphatic hydroxyl groups excluding tert-OH is 1. The molecule has 2 aliphatic rings. The van der Waals surface area contributed by atoms with Crippen LogP contribution in [0.25, 0.3) is 0 Å². The Kier molecular flexibility index (Phi) is 2.69. The number of nitrogens with zero attached hydrogens (tertiary/aromatic N) is 2. The van der Waals surface area contributed by atoms with Crippen molar-refractivity contribution in [3.05, 3.63) is 17.7 Å². The van der Waals surface area contributed by atoms with Crippen LogP contribution < -0.4 is 0 Å². The molecule has 0 saturated carbocycles. The van der Waals surface area contributed by atoms with E-state index in [-0.39, 0.29) is 12.2 Å². The number of aromatic nitrogens is 2. The first kappa shape index (κ1) is 10.3. The summed E-state index contributed by atoms with van der Waals surface area (Å²) in [7, 11) is 0. The highest BCUT2D eigenvalue weighted by Gasteiger charge is 2.23. The standard InChI is InChI=1S/C12H18N2O2/c15-9-4-5-12-13-10(8-14(12)7-9)11-3-1-2-6-16-11/h8-9,11,15H,1-7H2. The summed E-state index contributed by atoms with van der Waals surface area (Å²) < 4.78 is 7.82. The zero-order valence-electron chi connectivity index (χ0n) is 9.43. The van der Waals surface area contributed by atoms with E-state index in [2.05, 4.69) is 15.7 Å². The van der Waals surface area contributed by atoms with Crippen LogP contribution in [-0.4, -0.2) is 27.4 Å². The average molecular weight is 222 g/mol. The van der Waals surface area contributed by atoms with Crippen LogP contribution >= 0.6 is 0 Å². The van der Waals surface area contributed by atoms with Gasteiger partial charge >= 0.3 is 0 Å². The van der Waals surface area contributed by atoms with E-state index in [1.165, 1.54) is 12.8 Å². The van der Waals surface area contributed by atoms with E-state index in [1.807, 2.05) is 0 Å². The zero-order valence-corrected chi connectivity index (χ0v) is 9.43. The topological polar surface area (TPSA) is 47.3 Å². The summed E-state index contributed by atoms with van der Waals surface area (Å²) in [5, 5.41) is 9.60. The summed E-state index contributed by atoms with van der Waals surface area (Å²) in [4.78, 5) is 4.64. The lowest BCUT2D eigenvalue weighted by Crippen LogP contribution is -2.23. The number of aryl methyl sites for hydroxylation is 1. The number of fused-ring (bicyclic) bond motifs is 1. The molecule has 1 aromatic rings. The molecule has 0 aromatic carbocycles. The summed E-state index contributed by atoms with van der Waals surface area (Å²) in [5.41, 5.74) is 1.06. The number of hydrogen-bond acceptors (Lipinski definition) is 3. The zero-order chi connectivity index (χ0) is 11.0. The summed E-state index contributed by atoms with van der Waals surface area (Å²) >= 11 is 0. The summed E-state index contributed by atoms with van der Waals surface area (Å²) in [5.74, 6) is 1.11. The Balaban J connectivity index is 1.80. The van der Waals surface area contributed by atoms with Gasteiger partial charge < -0.3 is 14.4 Å². The predicted octanol–water partition coefficient (Wildman–Crippen LogP) is 1.43. The number of hydrogen-bond donors (Lipinski definition) is 1. The molecule has 4 heteroatoms. The third kappa shape index (κ3) is 1.87. The molecule has 3 heterocycles.